The van der Waals surface area contributed by atoms with Crippen molar-refractivity contribution in [3.8, 4) is 0 Å². The molecule has 0 bridgehead atoms. The van der Waals surface area contributed by atoms with Gasteiger partial charge in [-0.1, -0.05) is 30.7 Å². The molecule has 15 heavy (non-hydrogen) atoms. The molecule has 1 aromatic carbocycles. The van der Waals surface area contributed by atoms with Gasteiger partial charge in [-0.2, -0.15) is 0 Å². The monoisotopic (exact) mass is 206 g/mol. The van der Waals surface area contributed by atoms with Crippen LogP contribution in [-0.4, -0.2) is 16.2 Å². The van der Waals surface area contributed by atoms with Gasteiger partial charge in [0.05, 0.1) is 0 Å². The van der Waals surface area contributed by atoms with Gasteiger partial charge in [0.15, 0.2) is 5.60 Å². The van der Waals surface area contributed by atoms with Gasteiger partial charge in [-0.25, -0.2) is 4.79 Å². The van der Waals surface area contributed by atoms with Gasteiger partial charge in [-0.05, 0) is 24.5 Å². The van der Waals surface area contributed by atoms with Gasteiger partial charge in [0.1, 0.15) is 0 Å². The number of hydrogen-bond donors (Lipinski definition) is 2. The summed E-state index contributed by atoms with van der Waals surface area (Å²) >= 11 is 0. The Morgan fingerprint density at radius 3 is 2.80 bits per heavy atom. The van der Waals surface area contributed by atoms with Crippen LogP contribution in [0.1, 0.15) is 23.6 Å². The van der Waals surface area contributed by atoms with Crippen LogP contribution in [0, 0.1) is 12.8 Å². The molecule has 0 heterocycles. The second kappa shape index (κ2) is 3.07. The minimum Gasteiger partial charge on any atom is -0.479 e. The van der Waals surface area contributed by atoms with E-state index in [0.29, 0.717) is 12.0 Å². The Morgan fingerprint density at radius 2 is 2.20 bits per heavy atom. The Labute approximate surface area is 88.4 Å². The molecule has 2 rings (SSSR count). The standard InChI is InChI=1S/C12H14O3/c1-7-3-4-9-6-8(2)12(15,11(13)14)10(9)5-7/h3-5,8,15H,6H2,1-2H3,(H,13,14). The predicted molar refractivity (Wildman–Crippen MR) is 55.6 cm³/mol. The number of aliphatic carboxylic acids is 1. The van der Waals surface area contributed by atoms with Crippen LogP contribution in [0.15, 0.2) is 18.2 Å². The van der Waals surface area contributed by atoms with E-state index in [2.05, 4.69) is 0 Å². The Kier molecular flexibility index (Phi) is 2.08. The summed E-state index contributed by atoms with van der Waals surface area (Å²) in [6.45, 7) is 3.66. The van der Waals surface area contributed by atoms with Gasteiger partial charge in [0.2, 0.25) is 0 Å². The van der Waals surface area contributed by atoms with E-state index in [9.17, 15) is 9.90 Å². The number of rotatable bonds is 1. The lowest BCUT2D eigenvalue weighted by Gasteiger charge is -2.23. The molecule has 0 spiro atoms. The van der Waals surface area contributed by atoms with E-state index in [1.807, 2.05) is 19.1 Å². The van der Waals surface area contributed by atoms with Gasteiger partial charge in [-0.15, -0.1) is 0 Å². The summed E-state index contributed by atoms with van der Waals surface area (Å²) in [7, 11) is 0. The number of aliphatic hydroxyl groups is 1. The first-order valence-corrected chi connectivity index (χ1v) is 5.02. The lowest BCUT2D eigenvalue weighted by molar-refractivity contribution is -0.164. The van der Waals surface area contributed by atoms with Crippen LogP contribution >= 0.6 is 0 Å². The summed E-state index contributed by atoms with van der Waals surface area (Å²) in [6, 6.07) is 5.62. The summed E-state index contributed by atoms with van der Waals surface area (Å²) in [5.41, 5.74) is 0.768. The average molecular weight is 206 g/mol. The van der Waals surface area contributed by atoms with Crippen LogP contribution in [-0.2, 0) is 16.8 Å². The molecule has 2 atom stereocenters. The molecule has 1 aliphatic carbocycles. The number of hydrogen-bond acceptors (Lipinski definition) is 2. The van der Waals surface area contributed by atoms with Crippen molar-refractivity contribution in [2.24, 2.45) is 5.92 Å². The lowest BCUT2D eigenvalue weighted by atomic mass is 9.88. The smallest absolute Gasteiger partial charge is 0.340 e. The van der Waals surface area contributed by atoms with Crippen molar-refractivity contribution in [1.29, 1.82) is 0 Å². The number of fused-ring (bicyclic) bond motifs is 1. The molecule has 0 amide bonds. The molecule has 1 aromatic rings. The number of carbonyl (C=O) groups is 1. The van der Waals surface area contributed by atoms with Crippen LogP contribution in [0.4, 0.5) is 0 Å². The first-order chi connectivity index (χ1) is 6.96. The molecule has 0 saturated heterocycles. The Bertz CT molecular complexity index is 425. The van der Waals surface area contributed by atoms with E-state index in [4.69, 9.17) is 5.11 Å². The highest BCUT2D eigenvalue weighted by Gasteiger charge is 2.49. The zero-order chi connectivity index (χ0) is 11.2. The molecule has 1 aliphatic rings. The molecular formula is C12H14O3. The quantitative estimate of drug-likeness (QED) is 0.731. The molecule has 2 unspecified atom stereocenters. The minimum atomic E-state index is -1.71. The molecule has 3 heteroatoms. The van der Waals surface area contributed by atoms with E-state index >= 15 is 0 Å². The lowest BCUT2D eigenvalue weighted by Crippen LogP contribution is -2.38. The van der Waals surface area contributed by atoms with Gasteiger partial charge < -0.3 is 10.2 Å². The first kappa shape index (κ1) is 10.2. The summed E-state index contributed by atoms with van der Waals surface area (Å²) in [5, 5.41) is 19.3. The van der Waals surface area contributed by atoms with Crippen molar-refractivity contribution < 1.29 is 15.0 Å². The molecule has 0 aliphatic heterocycles. The summed E-state index contributed by atoms with van der Waals surface area (Å²) in [5.74, 6) is -1.42. The Balaban J connectivity index is 2.62. The van der Waals surface area contributed by atoms with E-state index < -0.39 is 11.6 Å². The second-order valence-electron chi connectivity index (χ2n) is 4.34. The zero-order valence-corrected chi connectivity index (χ0v) is 8.82. The first-order valence-electron chi connectivity index (χ1n) is 5.02. The van der Waals surface area contributed by atoms with Gasteiger partial charge in [0.25, 0.3) is 0 Å². The minimum absolute atomic E-state index is 0.271. The highest BCUT2D eigenvalue weighted by atomic mass is 16.4. The third-order valence-electron chi connectivity index (χ3n) is 3.24. The van der Waals surface area contributed by atoms with Crippen LogP contribution in [0.25, 0.3) is 0 Å². The molecule has 0 fully saturated rings. The van der Waals surface area contributed by atoms with Crippen molar-refractivity contribution in [1.82, 2.24) is 0 Å². The third-order valence-corrected chi connectivity index (χ3v) is 3.24. The van der Waals surface area contributed by atoms with Gasteiger partial charge >= 0.3 is 5.97 Å². The molecule has 3 nitrogen and oxygen atoms in total. The number of carboxylic acid groups (broad SMARTS) is 1. The molecule has 80 valence electrons. The molecule has 0 aromatic heterocycles. The highest BCUT2D eigenvalue weighted by molar-refractivity contribution is 5.81. The van der Waals surface area contributed by atoms with Crippen molar-refractivity contribution >= 4 is 5.97 Å². The Hall–Kier alpha value is -1.35. The average Bonchev–Trinajstić information content (AvgIpc) is 2.42. The molecule has 0 radical (unpaired) electrons. The fraction of sp³-hybridized carbons (Fsp3) is 0.417. The van der Waals surface area contributed by atoms with E-state index in [0.717, 1.165) is 11.1 Å². The predicted octanol–water partition coefficient (Wildman–Crippen LogP) is 1.46. The van der Waals surface area contributed by atoms with E-state index in [1.54, 1.807) is 13.0 Å². The topological polar surface area (TPSA) is 57.5 Å². The zero-order valence-electron chi connectivity index (χ0n) is 8.82. The molecule has 0 saturated carbocycles. The SMILES string of the molecule is Cc1ccc2c(c1)C(O)(C(=O)O)C(C)C2. The maximum absolute atomic E-state index is 11.2. The summed E-state index contributed by atoms with van der Waals surface area (Å²) in [6.07, 6.45) is 0.623. The number of benzene rings is 1. The third kappa shape index (κ3) is 1.27. The van der Waals surface area contributed by atoms with Crippen molar-refractivity contribution in [3.05, 3.63) is 34.9 Å². The maximum Gasteiger partial charge on any atom is 0.340 e. The van der Waals surface area contributed by atoms with Crippen LogP contribution < -0.4 is 0 Å². The normalized spacial score (nSPS) is 28.9. The highest BCUT2D eigenvalue weighted by Crippen LogP contribution is 2.41. The van der Waals surface area contributed by atoms with Crippen molar-refractivity contribution in [2.75, 3.05) is 0 Å². The molecular weight excluding hydrogens is 192 g/mol. The van der Waals surface area contributed by atoms with Crippen LogP contribution in [0.2, 0.25) is 0 Å². The van der Waals surface area contributed by atoms with Gasteiger partial charge in [-0.3, -0.25) is 0 Å². The fourth-order valence-electron chi connectivity index (χ4n) is 2.29. The van der Waals surface area contributed by atoms with Gasteiger partial charge in [0, 0.05) is 5.92 Å². The van der Waals surface area contributed by atoms with Crippen molar-refractivity contribution in [2.45, 2.75) is 25.9 Å². The number of carboxylic acids is 1. The molecule has 2 N–H and O–H groups in total. The van der Waals surface area contributed by atoms with Crippen LogP contribution in [0.3, 0.4) is 0 Å². The summed E-state index contributed by atoms with van der Waals surface area (Å²) < 4.78 is 0. The maximum atomic E-state index is 11.2. The second-order valence-corrected chi connectivity index (χ2v) is 4.34. The summed E-state index contributed by atoms with van der Waals surface area (Å²) in [4.78, 5) is 11.2. The fourth-order valence-corrected chi connectivity index (χ4v) is 2.29. The van der Waals surface area contributed by atoms with E-state index in [1.165, 1.54) is 0 Å². The largest absolute Gasteiger partial charge is 0.479 e. The number of aryl methyl sites for hydroxylation is 1. The van der Waals surface area contributed by atoms with Crippen molar-refractivity contribution in [3.63, 3.8) is 0 Å². The van der Waals surface area contributed by atoms with Crippen LogP contribution in [0.5, 0.6) is 0 Å². The van der Waals surface area contributed by atoms with E-state index in [-0.39, 0.29) is 5.92 Å². The Morgan fingerprint density at radius 1 is 1.53 bits per heavy atom.